The van der Waals surface area contributed by atoms with Gasteiger partial charge in [-0.05, 0) is 49.4 Å². The van der Waals surface area contributed by atoms with Crippen LogP contribution in [0.5, 0.6) is 5.75 Å². The van der Waals surface area contributed by atoms with E-state index >= 15 is 0 Å². The summed E-state index contributed by atoms with van der Waals surface area (Å²) < 4.78 is 38.0. The second kappa shape index (κ2) is 9.08. The molecule has 33 heavy (non-hydrogen) atoms. The molecule has 1 aliphatic carbocycles. The molecule has 2 aromatic carbocycles. The smallest absolute Gasteiger partial charge is 0.449 e. The fourth-order valence-corrected chi connectivity index (χ4v) is 3.80. The molecular formula is C24H24F2N4O3. The van der Waals surface area contributed by atoms with Crippen LogP contribution in [0.25, 0.3) is 22.2 Å². The van der Waals surface area contributed by atoms with Gasteiger partial charge in [0.2, 0.25) is 0 Å². The van der Waals surface area contributed by atoms with Gasteiger partial charge in [0.15, 0.2) is 0 Å². The predicted molar refractivity (Wildman–Crippen MR) is 120 cm³/mol. The van der Waals surface area contributed by atoms with Crippen LogP contribution in [0.2, 0.25) is 0 Å². The molecule has 3 N–H and O–H groups in total. The summed E-state index contributed by atoms with van der Waals surface area (Å²) in [7, 11) is 0. The lowest BCUT2D eigenvalue weighted by Gasteiger charge is -2.14. The van der Waals surface area contributed by atoms with Gasteiger partial charge in [0, 0.05) is 29.2 Å². The molecule has 3 aromatic rings. The Bertz CT molecular complexity index is 1220. The molecule has 0 aliphatic heterocycles. The molecule has 1 fully saturated rings. The van der Waals surface area contributed by atoms with Crippen molar-refractivity contribution in [2.24, 2.45) is 11.7 Å². The molecule has 172 valence electrons. The standard InChI is InChI=1S/C24H24F2N4O3/c1-2-10-32-23(31)29-17-5-3-4-16(11-17)22-20(13-27)19-9-8-18(33-24(25,26)28)12-21(19)30(22)14-15-6-7-15/h3-5,8-9,11-12,15H,2,6-7,10,14,28H2,1H3,(H,29,31). The summed E-state index contributed by atoms with van der Waals surface area (Å²) in [6.45, 7) is 2.85. The first-order valence-corrected chi connectivity index (χ1v) is 10.8. The second-order valence-electron chi connectivity index (χ2n) is 8.07. The number of amides is 1. The number of aromatic nitrogens is 1. The molecule has 0 radical (unpaired) electrons. The van der Waals surface area contributed by atoms with E-state index in [0.29, 0.717) is 58.9 Å². The van der Waals surface area contributed by atoms with Gasteiger partial charge in [-0.15, -0.1) is 8.78 Å². The van der Waals surface area contributed by atoms with Gasteiger partial charge in [-0.2, -0.15) is 5.26 Å². The van der Waals surface area contributed by atoms with Gasteiger partial charge in [0.1, 0.15) is 11.8 Å². The SMILES string of the molecule is CCCOC(=O)Nc1cccc(-c2c(C#N)c3ccc(OC(N)(F)F)cc3n2CC2CC2)c1. The minimum atomic E-state index is -3.81. The van der Waals surface area contributed by atoms with Crippen molar-refractivity contribution in [3.63, 3.8) is 0 Å². The summed E-state index contributed by atoms with van der Waals surface area (Å²) in [5.74, 6) is 0.353. The molecule has 1 aromatic heterocycles. The van der Waals surface area contributed by atoms with Crippen LogP contribution in [0.15, 0.2) is 42.5 Å². The minimum Gasteiger partial charge on any atom is -0.449 e. The minimum absolute atomic E-state index is 0.0883. The molecule has 0 atom stereocenters. The van der Waals surface area contributed by atoms with Gasteiger partial charge in [0.05, 0.1) is 23.4 Å². The van der Waals surface area contributed by atoms with Gasteiger partial charge in [-0.3, -0.25) is 5.32 Å². The third-order valence-electron chi connectivity index (χ3n) is 5.36. The maximum atomic E-state index is 13.2. The van der Waals surface area contributed by atoms with E-state index in [-0.39, 0.29) is 5.75 Å². The number of carbonyl (C=O) groups is 1. The molecule has 1 aliphatic rings. The van der Waals surface area contributed by atoms with Crippen LogP contribution < -0.4 is 15.8 Å². The number of halogens is 2. The number of nitrogens with zero attached hydrogens (tertiary/aromatic N) is 2. The number of nitrogens with two attached hydrogens (primary N) is 1. The normalized spacial score (nSPS) is 13.5. The number of nitrogens with one attached hydrogen (secondary N) is 1. The number of anilines is 1. The maximum absolute atomic E-state index is 13.2. The lowest BCUT2D eigenvalue weighted by atomic mass is 10.1. The van der Waals surface area contributed by atoms with Crippen molar-refractivity contribution in [2.45, 2.75) is 39.0 Å². The van der Waals surface area contributed by atoms with E-state index < -0.39 is 12.3 Å². The monoisotopic (exact) mass is 454 g/mol. The zero-order valence-electron chi connectivity index (χ0n) is 18.1. The number of rotatable bonds is 8. The number of ether oxygens (including phenoxy) is 2. The number of hydrogen-bond acceptors (Lipinski definition) is 5. The first-order chi connectivity index (χ1) is 15.8. The fourth-order valence-electron chi connectivity index (χ4n) is 3.80. The average Bonchev–Trinajstić information content (AvgIpc) is 3.53. The van der Waals surface area contributed by atoms with Gasteiger partial charge in [0.25, 0.3) is 0 Å². The van der Waals surface area contributed by atoms with Crippen LogP contribution in [0.1, 0.15) is 31.7 Å². The lowest BCUT2D eigenvalue weighted by molar-refractivity contribution is -0.170. The highest BCUT2D eigenvalue weighted by Gasteiger charge is 2.28. The van der Waals surface area contributed by atoms with E-state index in [1.807, 2.05) is 17.6 Å². The zero-order chi connectivity index (χ0) is 23.6. The van der Waals surface area contributed by atoms with E-state index in [0.717, 1.165) is 12.8 Å². The number of hydrogen-bond donors (Lipinski definition) is 2. The molecule has 1 amide bonds. The Morgan fingerprint density at radius 2 is 2.09 bits per heavy atom. The Morgan fingerprint density at radius 1 is 1.30 bits per heavy atom. The highest BCUT2D eigenvalue weighted by atomic mass is 19.3. The highest BCUT2D eigenvalue weighted by molar-refractivity contribution is 5.96. The van der Waals surface area contributed by atoms with Crippen LogP contribution in [0.3, 0.4) is 0 Å². The van der Waals surface area contributed by atoms with Gasteiger partial charge in [-0.1, -0.05) is 19.1 Å². The molecule has 4 rings (SSSR count). The van der Waals surface area contributed by atoms with E-state index in [2.05, 4.69) is 16.1 Å². The van der Waals surface area contributed by atoms with Gasteiger partial charge in [-0.25, -0.2) is 10.5 Å². The van der Waals surface area contributed by atoms with Gasteiger partial charge < -0.3 is 14.0 Å². The first-order valence-electron chi connectivity index (χ1n) is 10.8. The largest absolute Gasteiger partial charge is 0.466 e. The highest BCUT2D eigenvalue weighted by Crippen LogP contribution is 2.40. The van der Waals surface area contributed by atoms with Crippen molar-refractivity contribution >= 4 is 22.7 Å². The average molecular weight is 454 g/mol. The molecule has 9 heteroatoms. The molecule has 0 saturated heterocycles. The van der Waals surface area contributed by atoms with Crippen LogP contribution in [-0.2, 0) is 11.3 Å². The number of nitriles is 1. The molecule has 0 unspecified atom stereocenters. The Labute approximate surface area is 189 Å². The summed E-state index contributed by atoms with van der Waals surface area (Å²) in [5.41, 5.74) is 7.63. The van der Waals surface area contributed by atoms with E-state index in [9.17, 15) is 18.8 Å². The zero-order valence-corrected chi connectivity index (χ0v) is 18.1. The van der Waals surface area contributed by atoms with Crippen molar-refractivity contribution < 1.29 is 23.0 Å². The van der Waals surface area contributed by atoms with Crippen LogP contribution in [0, 0.1) is 17.2 Å². The third-order valence-corrected chi connectivity index (χ3v) is 5.36. The summed E-state index contributed by atoms with van der Waals surface area (Å²) in [4.78, 5) is 12.0. The topological polar surface area (TPSA) is 102 Å². The van der Waals surface area contributed by atoms with Crippen LogP contribution in [0.4, 0.5) is 19.3 Å². The number of alkyl halides is 2. The molecule has 1 heterocycles. The van der Waals surface area contributed by atoms with Crippen molar-refractivity contribution in [1.82, 2.24) is 4.57 Å². The number of benzene rings is 2. The van der Waals surface area contributed by atoms with E-state index in [1.54, 1.807) is 24.3 Å². The molecule has 0 spiro atoms. The lowest BCUT2D eigenvalue weighted by Crippen LogP contribution is -2.35. The van der Waals surface area contributed by atoms with Crippen LogP contribution in [-0.4, -0.2) is 23.5 Å². The molecular weight excluding hydrogens is 430 g/mol. The second-order valence-corrected chi connectivity index (χ2v) is 8.07. The molecule has 1 saturated carbocycles. The van der Waals surface area contributed by atoms with E-state index in [4.69, 9.17) is 10.5 Å². The summed E-state index contributed by atoms with van der Waals surface area (Å²) in [6.07, 6.45) is -1.54. The predicted octanol–water partition coefficient (Wildman–Crippen LogP) is 5.44. The summed E-state index contributed by atoms with van der Waals surface area (Å²) in [5, 5.41) is 13.3. The van der Waals surface area contributed by atoms with E-state index in [1.165, 1.54) is 12.1 Å². The Hall–Kier alpha value is -3.64. The van der Waals surface area contributed by atoms with Crippen LogP contribution >= 0.6 is 0 Å². The van der Waals surface area contributed by atoms with Crippen molar-refractivity contribution in [1.29, 1.82) is 5.26 Å². The summed E-state index contributed by atoms with van der Waals surface area (Å²) >= 11 is 0. The van der Waals surface area contributed by atoms with Crippen molar-refractivity contribution in [3.8, 4) is 23.1 Å². The summed E-state index contributed by atoms with van der Waals surface area (Å²) in [6, 6.07) is 13.8. The quantitative estimate of drug-likeness (QED) is 0.349. The number of carbonyl (C=O) groups excluding carboxylic acids is 1. The van der Waals surface area contributed by atoms with Gasteiger partial charge >= 0.3 is 12.3 Å². The molecule has 7 nitrogen and oxygen atoms in total. The Morgan fingerprint density at radius 3 is 2.76 bits per heavy atom. The van der Waals surface area contributed by atoms with Crippen molar-refractivity contribution in [2.75, 3.05) is 11.9 Å². The first kappa shape index (κ1) is 22.6. The fraction of sp³-hybridized carbons (Fsp3) is 0.333. The van der Waals surface area contributed by atoms with Crippen molar-refractivity contribution in [3.05, 3.63) is 48.0 Å². The maximum Gasteiger partial charge on any atom is 0.466 e. The Kier molecular flexibility index (Phi) is 6.20. The third kappa shape index (κ3) is 5.23. The number of fused-ring (bicyclic) bond motifs is 1. The molecule has 0 bridgehead atoms. The Balaban J connectivity index is 1.80.